The van der Waals surface area contributed by atoms with E-state index in [0.717, 1.165) is 39.0 Å². The van der Waals surface area contributed by atoms with Crippen molar-refractivity contribution in [3.05, 3.63) is 0 Å². The fourth-order valence-corrected chi connectivity index (χ4v) is 3.60. The van der Waals surface area contributed by atoms with Crippen LogP contribution >= 0.6 is 0 Å². The van der Waals surface area contributed by atoms with Crippen molar-refractivity contribution in [1.29, 1.82) is 0 Å². The number of likely N-dealkylation sites (N-methyl/N-ethyl adjacent to an activating group) is 1. The molecular weight excluding hydrogens is 294 g/mol. The summed E-state index contributed by atoms with van der Waals surface area (Å²) in [6, 6.07) is 0.222. The molecule has 1 amide bonds. The highest BCUT2D eigenvalue weighted by molar-refractivity contribution is 5.78. The van der Waals surface area contributed by atoms with Crippen molar-refractivity contribution in [2.45, 2.75) is 51.1 Å². The molecule has 23 heavy (non-hydrogen) atoms. The van der Waals surface area contributed by atoms with Gasteiger partial charge in [0.05, 0.1) is 13.7 Å². The number of amides is 1. The maximum absolute atomic E-state index is 12.5. The maximum Gasteiger partial charge on any atom is 0.322 e. The molecule has 2 rings (SSSR count). The van der Waals surface area contributed by atoms with Gasteiger partial charge in [-0.3, -0.25) is 19.4 Å². The minimum atomic E-state index is -0.206. The van der Waals surface area contributed by atoms with E-state index in [1.54, 1.807) is 0 Å². The van der Waals surface area contributed by atoms with Crippen LogP contribution in [0.1, 0.15) is 39.0 Å². The molecule has 2 aliphatic rings. The lowest BCUT2D eigenvalue weighted by Gasteiger charge is -2.38. The first-order chi connectivity index (χ1) is 11.0. The third-order valence-corrected chi connectivity index (χ3v) is 5.37. The van der Waals surface area contributed by atoms with Crippen molar-refractivity contribution >= 4 is 11.9 Å². The molecule has 0 aromatic heterocycles. The Morgan fingerprint density at radius 1 is 1.13 bits per heavy atom. The molecule has 1 aliphatic carbocycles. The van der Waals surface area contributed by atoms with Crippen molar-refractivity contribution in [2.24, 2.45) is 0 Å². The van der Waals surface area contributed by atoms with Gasteiger partial charge in [0.2, 0.25) is 5.91 Å². The van der Waals surface area contributed by atoms with Crippen molar-refractivity contribution in [3.8, 4) is 0 Å². The van der Waals surface area contributed by atoms with E-state index in [2.05, 4.69) is 9.80 Å². The fraction of sp³-hybridized carbons (Fsp3) is 0.882. The largest absolute Gasteiger partial charge is 0.468 e. The van der Waals surface area contributed by atoms with Crippen molar-refractivity contribution in [1.82, 2.24) is 14.7 Å². The molecule has 1 saturated carbocycles. The highest BCUT2D eigenvalue weighted by atomic mass is 16.5. The second-order valence-corrected chi connectivity index (χ2v) is 6.81. The van der Waals surface area contributed by atoms with Crippen LogP contribution < -0.4 is 0 Å². The van der Waals surface area contributed by atoms with E-state index in [9.17, 15) is 9.59 Å². The summed E-state index contributed by atoms with van der Waals surface area (Å²) < 4.78 is 4.80. The van der Waals surface area contributed by atoms with E-state index >= 15 is 0 Å². The first kappa shape index (κ1) is 18.2. The first-order valence-corrected chi connectivity index (χ1v) is 8.83. The summed E-state index contributed by atoms with van der Waals surface area (Å²) in [5.41, 5.74) is 0. The maximum atomic E-state index is 12.5. The van der Waals surface area contributed by atoms with E-state index in [0.29, 0.717) is 12.6 Å². The predicted molar refractivity (Wildman–Crippen MR) is 89.1 cm³/mol. The summed E-state index contributed by atoms with van der Waals surface area (Å²) in [7, 11) is 3.38. The number of hydrogen-bond acceptors (Lipinski definition) is 5. The van der Waals surface area contributed by atoms with Gasteiger partial charge < -0.3 is 9.64 Å². The van der Waals surface area contributed by atoms with Gasteiger partial charge in [-0.2, -0.15) is 0 Å². The van der Waals surface area contributed by atoms with Crippen LogP contribution in [0, 0.1) is 0 Å². The quantitative estimate of drug-likeness (QED) is 0.705. The summed E-state index contributed by atoms with van der Waals surface area (Å²) >= 11 is 0. The van der Waals surface area contributed by atoms with Gasteiger partial charge in [-0.15, -0.1) is 0 Å². The van der Waals surface area contributed by atoms with Gasteiger partial charge in [0.15, 0.2) is 0 Å². The minimum Gasteiger partial charge on any atom is -0.468 e. The number of esters is 1. The Balaban J connectivity index is 1.75. The highest BCUT2D eigenvalue weighted by Gasteiger charge is 2.28. The summed E-state index contributed by atoms with van der Waals surface area (Å²) in [6.07, 6.45) is 6.08. The summed E-state index contributed by atoms with van der Waals surface area (Å²) in [5, 5.41) is 0. The molecule has 132 valence electrons. The molecule has 2 fully saturated rings. The van der Waals surface area contributed by atoms with Crippen molar-refractivity contribution in [3.63, 3.8) is 0 Å². The SMILES string of the molecule is COC(=O)C(C)N1CCN(CC(=O)N(C)C2CCCCC2)CC1. The topological polar surface area (TPSA) is 53.1 Å². The Bertz CT molecular complexity index is 402. The number of carbonyl (C=O) groups is 2. The molecule has 0 spiro atoms. The highest BCUT2D eigenvalue weighted by Crippen LogP contribution is 2.21. The molecule has 1 unspecified atom stereocenters. The van der Waals surface area contributed by atoms with Crippen molar-refractivity contribution < 1.29 is 14.3 Å². The fourth-order valence-electron chi connectivity index (χ4n) is 3.60. The molecule has 0 bridgehead atoms. The van der Waals surface area contributed by atoms with Crippen molar-refractivity contribution in [2.75, 3.05) is 46.9 Å². The second-order valence-electron chi connectivity index (χ2n) is 6.81. The third kappa shape index (κ3) is 4.91. The average Bonchev–Trinajstić information content (AvgIpc) is 2.61. The molecule has 0 radical (unpaired) electrons. The van der Waals surface area contributed by atoms with Gasteiger partial charge in [0.1, 0.15) is 6.04 Å². The molecule has 1 aliphatic heterocycles. The van der Waals surface area contributed by atoms with Crippen LogP contribution in [0.2, 0.25) is 0 Å². The summed E-state index contributed by atoms with van der Waals surface area (Å²) in [4.78, 5) is 30.4. The van der Waals surface area contributed by atoms with Crippen LogP contribution in [0.25, 0.3) is 0 Å². The van der Waals surface area contributed by atoms with E-state index in [4.69, 9.17) is 4.74 Å². The predicted octanol–water partition coefficient (Wildman–Crippen LogP) is 0.957. The summed E-state index contributed by atoms with van der Waals surface area (Å²) in [6.45, 7) is 5.63. The molecule has 0 N–H and O–H groups in total. The molecule has 0 aromatic rings. The van der Waals surface area contributed by atoms with Gasteiger partial charge in [0, 0.05) is 39.3 Å². The van der Waals surface area contributed by atoms with Crippen LogP contribution in [0.3, 0.4) is 0 Å². The molecule has 6 heteroatoms. The second kappa shape index (κ2) is 8.64. The Morgan fingerprint density at radius 2 is 1.74 bits per heavy atom. The molecule has 1 saturated heterocycles. The van der Waals surface area contributed by atoms with Gasteiger partial charge >= 0.3 is 5.97 Å². The lowest BCUT2D eigenvalue weighted by Crippen LogP contribution is -2.54. The number of piperazine rings is 1. The molecule has 1 heterocycles. The van der Waals surface area contributed by atoms with E-state index in [-0.39, 0.29) is 17.9 Å². The van der Waals surface area contributed by atoms with Gasteiger partial charge in [-0.25, -0.2) is 0 Å². The van der Waals surface area contributed by atoms with Crippen LogP contribution in [0.4, 0.5) is 0 Å². The van der Waals surface area contributed by atoms with Gasteiger partial charge in [-0.05, 0) is 19.8 Å². The number of methoxy groups -OCH3 is 1. The van der Waals surface area contributed by atoms with E-state index in [1.165, 1.54) is 26.4 Å². The number of hydrogen-bond donors (Lipinski definition) is 0. The lowest BCUT2D eigenvalue weighted by atomic mass is 9.94. The van der Waals surface area contributed by atoms with Gasteiger partial charge in [-0.1, -0.05) is 19.3 Å². The Kier molecular flexibility index (Phi) is 6.84. The third-order valence-electron chi connectivity index (χ3n) is 5.37. The molecular formula is C17H31N3O3. The van der Waals surface area contributed by atoms with Crippen LogP contribution in [0.5, 0.6) is 0 Å². The van der Waals surface area contributed by atoms with E-state index in [1.807, 2.05) is 18.9 Å². The number of carbonyl (C=O) groups excluding carboxylic acids is 2. The van der Waals surface area contributed by atoms with E-state index < -0.39 is 0 Å². The molecule has 1 atom stereocenters. The number of nitrogens with zero attached hydrogens (tertiary/aromatic N) is 3. The Labute approximate surface area is 139 Å². The Morgan fingerprint density at radius 3 is 2.30 bits per heavy atom. The number of ether oxygens (including phenoxy) is 1. The van der Waals surface area contributed by atoms with Crippen LogP contribution in [-0.4, -0.2) is 85.5 Å². The number of rotatable bonds is 5. The van der Waals surface area contributed by atoms with Gasteiger partial charge in [0.25, 0.3) is 0 Å². The molecule has 6 nitrogen and oxygen atoms in total. The minimum absolute atomic E-state index is 0.188. The normalized spacial score (nSPS) is 22.6. The average molecular weight is 325 g/mol. The monoisotopic (exact) mass is 325 g/mol. The smallest absolute Gasteiger partial charge is 0.322 e. The van der Waals surface area contributed by atoms with Crippen LogP contribution in [-0.2, 0) is 14.3 Å². The molecule has 0 aromatic carbocycles. The lowest BCUT2D eigenvalue weighted by molar-refractivity contribution is -0.147. The zero-order chi connectivity index (χ0) is 16.8. The van der Waals surface area contributed by atoms with Crippen LogP contribution in [0.15, 0.2) is 0 Å². The zero-order valence-electron chi connectivity index (χ0n) is 14.8. The first-order valence-electron chi connectivity index (χ1n) is 8.83. The Hall–Kier alpha value is -1.14. The zero-order valence-corrected chi connectivity index (χ0v) is 14.8. The summed E-state index contributed by atoms with van der Waals surface area (Å²) in [5.74, 6) is 0.0397. The standard InChI is InChI=1S/C17H31N3O3/c1-14(17(22)23-3)20-11-9-19(10-12-20)13-16(21)18(2)15-7-5-4-6-8-15/h14-15H,4-13H2,1-3H3.